The van der Waals surface area contributed by atoms with Crippen LogP contribution in [0.4, 0.5) is 0 Å². The molecule has 1 amide bonds. The van der Waals surface area contributed by atoms with Crippen LogP contribution >= 0.6 is 0 Å². The molecule has 6 nitrogen and oxygen atoms in total. The standard InChI is InChI=1S/C27H27NO5/c1-28(25(29)22-9-5-4-6-10-22)18-20-8-7-11-23(16-20)21-14-12-19(13-15-21)17-24(26(30)32-2)27(31)33-3/h4-16,24H,17-18H2,1-3H3. The summed E-state index contributed by atoms with van der Waals surface area (Å²) in [6, 6.07) is 24.9. The minimum atomic E-state index is -0.994. The molecule has 6 heteroatoms. The van der Waals surface area contributed by atoms with E-state index in [4.69, 9.17) is 9.47 Å². The number of methoxy groups -OCH3 is 2. The first-order chi connectivity index (χ1) is 15.9. The summed E-state index contributed by atoms with van der Waals surface area (Å²) in [6.45, 7) is 0.486. The minimum absolute atomic E-state index is 0.0314. The number of carbonyl (C=O) groups is 3. The van der Waals surface area contributed by atoms with E-state index in [-0.39, 0.29) is 12.3 Å². The summed E-state index contributed by atoms with van der Waals surface area (Å²) in [5.41, 5.74) is 4.50. The molecule has 0 bridgehead atoms. The first kappa shape index (κ1) is 23.7. The van der Waals surface area contributed by atoms with Crippen molar-refractivity contribution in [1.29, 1.82) is 0 Å². The quantitative estimate of drug-likeness (QED) is 0.385. The molecule has 0 saturated carbocycles. The van der Waals surface area contributed by atoms with Gasteiger partial charge in [0.05, 0.1) is 14.2 Å². The molecule has 0 atom stereocenters. The van der Waals surface area contributed by atoms with Gasteiger partial charge in [-0.25, -0.2) is 0 Å². The molecule has 0 saturated heterocycles. The minimum Gasteiger partial charge on any atom is -0.468 e. The highest BCUT2D eigenvalue weighted by Gasteiger charge is 2.28. The molecule has 3 rings (SSSR count). The molecule has 3 aromatic rings. The lowest BCUT2D eigenvalue weighted by Crippen LogP contribution is -2.28. The first-order valence-electron chi connectivity index (χ1n) is 10.6. The molecule has 0 unspecified atom stereocenters. The molecule has 0 N–H and O–H groups in total. The van der Waals surface area contributed by atoms with Gasteiger partial charge in [0.25, 0.3) is 5.91 Å². The monoisotopic (exact) mass is 445 g/mol. The lowest BCUT2D eigenvalue weighted by atomic mass is 9.96. The van der Waals surface area contributed by atoms with Gasteiger partial charge in [0.1, 0.15) is 0 Å². The fourth-order valence-electron chi connectivity index (χ4n) is 3.61. The summed E-state index contributed by atoms with van der Waals surface area (Å²) < 4.78 is 9.45. The molecule has 0 heterocycles. The van der Waals surface area contributed by atoms with Crippen molar-refractivity contribution in [3.05, 3.63) is 95.6 Å². The normalized spacial score (nSPS) is 10.5. The van der Waals surface area contributed by atoms with Crippen molar-refractivity contribution in [3.8, 4) is 11.1 Å². The van der Waals surface area contributed by atoms with Crippen molar-refractivity contribution in [2.45, 2.75) is 13.0 Å². The van der Waals surface area contributed by atoms with Crippen LogP contribution in [0.5, 0.6) is 0 Å². The van der Waals surface area contributed by atoms with Crippen LogP contribution in [0, 0.1) is 5.92 Å². The lowest BCUT2D eigenvalue weighted by molar-refractivity contribution is -0.158. The highest BCUT2D eigenvalue weighted by atomic mass is 16.5. The Morgan fingerprint density at radius 2 is 1.39 bits per heavy atom. The summed E-state index contributed by atoms with van der Waals surface area (Å²) in [4.78, 5) is 38.2. The summed E-state index contributed by atoms with van der Waals surface area (Å²) in [7, 11) is 4.29. The maximum Gasteiger partial charge on any atom is 0.320 e. The summed E-state index contributed by atoms with van der Waals surface area (Å²) in [6.07, 6.45) is 0.200. The summed E-state index contributed by atoms with van der Waals surface area (Å²) in [5.74, 6) is -2.26. The number of ether oxygens (including phenoxy) is 2. The first-order valence-corrected chi connectivity index (χ1v) is 10.6. The van der Waals surface area contributed by atoms with Gasteiger partial charge in [-0.05, 0) is 46.9 Å². The van der Waals surface area contributed by atoms with Crippen LogP contribution in [-0.4, -0.2) is 44.0 Å². The van der Waals surface area contributed by atoms with Gasteiger partial charge in [-0.2, -0.15) is 0 Å². The maximum atomic E-state index is 12.6. The second-order valence-corrected chi connectivity index (χ2v) is 7.73. The topological polar surface area (TPSA) is 72.9 Å². The number of nitrogens with zero attached hydrogens (tertiary/aromatic N) is 1. The van der Waals surface area contributed by atoms with Crippen molar-refractivity contribution in [3.63, 3.8) is 0 Å². The Morgan fingerprint density at radius 1 is 0.758 bits per heavy atom. The average molecular weight is 446 g/mol. The van der Waals surface area contributed by atoms with Crippen LogP contribution in [-0.2, 0) is 32.0 Å². The molecule has 0 radical (unpaired) electrons. The number of esters is 2. The number of benzene rings is 3. The Hall–Kier alpha value is -3.93. The largest absolute Gasteiger partial charge is 0.468 e. The van der Waals surface area contributed by atoms with Crippen molar-refractivity contribution in [2.24, 2.45) is 5.92 Å². The molecule has 0 spiro atoms. The molecule has 3 aromatic carbocycles. The van der Waals surface area contributed by atoms with Crippen LogP contribution in [0.1, 0.15) is 21.5 Å². The van der Waals surface area contributed by atoms with Crippen molar-refractivity contribution in [2.75, 3.05) is 21.3 Å². The van der Waals surface area contributed by atoms with Crippen molar-refractivity contribution >= 4 is 17.8 Å². The number of carbonyl (C=O) groups excluding carboxylic acids is 3. The van der Waals surface area contributed by atoms with Crippen LogP contribution in [0.3, 0.4) is 0 Å². The van der Waals surface area contributed by atoms with E-state index in [1.807, 2.05) is 72.8 Å². The fraction of sp³-hybridized carbons (Fsp3) is 0.222. The number of hydrogen-bond acceptors (Lipinski definition) is 5. The highest BCUT2D eigenvalue weighted by molar-refractivity contribution is 5.95. The smallest absolute Gasteiger partial charge is 0.320 e. The third-order valence-corrected chi connectivity index (χ3v) is 5.41. The summed E-state index contributed by atoms with van der Waals surface area (Å²) >= 11 is 0. The van der Waals surface area contributed by atoms with E-state index in [0.717, 1.165) is 22.3 Å². The Labute approximate surface area is 193 Å². The highest BCUT2D eigenvalue weighted by Crippen LogP contribution is 2.23. The Bertz CT molecular complexity index is 1090. The van der Waals surface area contributed by atoms with Gasteiger partial charge < -0.3 is 14.4 Å². The average Bonchev–Trinajstić information content (AvgIpc) is 2.87. The second-order valence-electron chi connectivity index (χ2n) is 7.73. The van der Waals surface area contributed by atoms with Crippen LogP contribution in [0.2, 0.25) is 0 Å². The zero-order valence-electron chi connectivity index (χ0n) is 19.0. The van der Waals surface area contributed by atoms with Crippen LogP contribution < -0.4 is 0 Å². The van der Waals surface area contributed by atoms with Crippen molar-refractivity contribution in [1.82, 2.24) is 4.90 Å². The molecule has 0 aliphatic carbocycles. The van der Waals surface area contributed by atoms with E-state index in [1.165, 1.54) is 14.2 Å². The molecule has 0 aliphatic rings. The molecule has 170 valence electrons. The zero-order valence-corrected chi connectivity index (χ0v) is 19.0. The van der Waals surface area contributed by atoms with Gasteiger partial charge in [-0.1, -0.05) is 60.7 Å². The SMILES string of the molecule is COC(=O)C(Cc1ccc(-c2cccc(CN(C)C(=O)c3ccccc3)c2)cc1)C(=O)OC. The number of hydrogen-bond donors (Lipinski definition) is 0. The second kappa shape index (κ2) is 11.1. The third kappa shape index (κ3) is 6.07. The Balaban J connectivity index is 1.71. The lowest BCUT2D eigenvalue weighted by Gasteiger charge is -2.18. The van der Waals surface area contributed by atoms with Gasteiger partial charge in [0.2, 0.25) is 0 Å². The maximum absolute atomic E-state index is 12.6. The Kier molecular flexibility index (Phi) is 7.97. The van der Waals surface area contributed by atoms with Gasteiger partial charge in [0, 0.05) is 19.2 Å². The van der Waals surface area contributed by atoms with E-state index >= 15 is 0 Å². The van der Waals surface area contributed by atoms with E-state index in [0.29, 0.717) is 12.1 Å². The van der Waals surface area contributed by atoms with Crippen LogP contribution in [0.15, 0.2) is 78.9 Å². The van der Waals surface area contributed by atoms with Gasteiger partial charge in [-0.3, -0.25) is 14.4 Å². The van der Waals surface area contributed by atoms with E-state index in [1.54, 1.807) is 11.9 Å². The summed E-state index contributed by atoms with van der Waals surface area (Å²) in [5, 5.41) is 0. The predicted octanol–water partition coefficient (Wildman–Crippen LogP) is 4.13. The number of rotatable bonds is 8. The van der Waals surface area contributed by atoms with Gasteiger partial charge in [0.15, 0.2) is 5.92 Å². The Morgan fingerprint density at radius 3 is 2.00 bits per heavy atom. The number of amides is 1. The van der Waals surface area contributed by atoms with E-state index in [9.17, 15) is 14.4 Å². The van der Waals surface area contributed by atoms with E-state index in [2.05, 4.69) is 6.07 Å². The van der Waals surface area contributed by atoms with E-state index < -0.39 is 17.9 Å². The third-order valence-electron chi connectivity index (χ3n) is 5.41. The van der Waals surface area contributed by atoms with Crippen molar-refractivity contribution < 1.29 is 23.9 Å². The molecule has 0 aliphatic heterocycles. The molecule has 0 fully saturated rings. The fourth-order valence-corrected chi connectivity index (χ4v) is 3.61. The van der Waals surface area contributed by atoms with Gasteiger partial charge in [-0.15, -0.1) is 0 Å². The molecule has 33 heavy (non-hydrogen) atoms. The predicted molar refractivity (Wildman–Crippen MR) is 125 cm³/mol. The molecular weight excluding hydrogens is 418 g/mol. The van der Waals surface area contributed by atoms with Crippen LogP contribution in [0.25, 0.3) is 11.1 Å². The van der Waals surface area contributed by atoms with Gasteiger partial charge >= 0.3 is 11.9 Å². The molecule has 0 aromatic heterocycles. The molecular formula is C27H27NO5. The zero-order chi connectivity index (χ0) is 23.8.